The van der Waals surface area contributed by atoms with Gasteiger partial charge in [0.25, 0.3) is 5.69 Å². The number of carbonyl (C=O) groups is 1. The molecule has 2 aliphatic rings. The van der Waals surface area contributed by atoms with Crippen molar-refractivity contribution in [3.05, 3.63) is 92.9 Å². The van der Waals surface area contributed by atoms with E-state index in [-0.39, 0.29) is 22.9 Å². The fraction of sp³-hybridized carbons (Fsp3) is 0.182. The highest BCUT2D eigenvalue weighted by atomic mass is 16.6. The molecule has 150 valence electrons. The van der Waals surface area contributed by atoms with Crippen LogP contribution in [0.15, 0.2) is 77.3 Å². The molecular weight excluding hydrogens is 382 g/mol. The lowest BCUT2D eigenvalue weighted by atomic mass is 9.76. The molecule has 8 heteroatoms. The summed E-state index contributed by atoms with van der Waals surface area (Å²) in [6, 6.07) is 17.5. The second kappa shape index (κ2) is 7.72. The number of non-ortho nitro benzene ring substituents is 1. The van der Waals surface area contributed by atoms with Crippen LogP contribution in [0, 0.1) is 21.4 Å². The van der Waals surface area contributed by atoms with Crippen LogP contribution >= 0.6 is 0 Å². The fourth-order valence-corrected chi connectivity index (χ4v) is 3.98. The summed E-state index contributed by atoms with van der Waals surface area (Å²) < 4.78 is 0. The summed E-state index contributed by atoms with van der Waals surface area (Å²) in [5.41, 5.74) is 12.5. The van der Waals surface area contributed by atoms with E-state index < -0.39 is 10.8 Å². The van der Waals surface area contributed by atoms with E-state index in [1.807, 2.05) is 30.3 Å². The van der Waals surface area contributed by atoms with Crippen molar-refractivity contribution in [2.75, 3.05) is 5.43 Å². The molecule has 0 bridgehead atoms. The number of Topliss-reactive ketones (excluding diaryl/α,β-unsaturated/α-hetero) is 1. The van der Waals surface area contributed by atoms with Crippen LogP contribution in [0.3, 0.4) is 0 Å². The van der Waals surface area contributed by atoms with Crippen LogP contribution in [0.25, 0.3) is 0 Å². The van der Waals surface area contributed by atoms with Crippen LogP contribution in [0.1, 0.15) is 30.7 Å². The first kappa shape index (κ1) is 19.2. The number of nitro benzene ring substituents is 1. The van der Waals surface area contributed by atoms with Gasteiger partial charge in [-0.15, -0.1) is 0 Å². The van der Waals surface area contributed by atoms with Gasteiger partial charge in [-0.25, -0.2) is 5.01 Å². The van der Waals surface area contributed by atoms with Crippen molar-refractivity contribution >= 4 is 17.2 Å². The van der Waals surface area contributed by atoms with E-state index in [9.17, 15) is 20.2 Å². The molecule has 0 amide bonds. The number of nitrogens with one attached hydrogen (secondary N) is 1. The smallest absolute Gasteiger partial charge is 0.269 e. The number of hydrogen-bond acceptors (Lipinski definition) is 7. The maximum atomic E-state index is 13.0. The van der Waals surface area contributed by atoms with Crippen molar-refractivity contribution in [3.63, 3.8) is 0 Å². The molecule has 1 heterocycles. The maximum Gasteiger partial charge on any atom is 0.269 e. The number of allylic oxidation sites excluding steroid dienone is 3. The number of hydrazine groups is 1. The van der Waals surface area contributed by atoms with Gasteiger partial charge >= 0.3 is 0 Å². The average molecular weight is 401 g/mol. The molecule has 1 atom stereocenters. The zero-order valence-corrected chi connectivity index (χ0v) is 16.0. The number of rotatable bonds is 4. The minimum absolute atomic E-state index is 0.0419. The number of para-hydroxylation sites is 1. The molecule has 0 spiro atoms. The largest absolute Gasteiger partial charge is 0.383 e. The summed E-state index contributed by atoms with van der Waals surface area (Å²) in [5.74, 6) is -0.467. The van der Waals surface area contributed by atoms with Gasteiger partial charge < -0.3 is 5.73 Å². The molecule has 0 radical (unpaired) electrons. The molecule has 0 aromatic heterocycles. The quantitative estimate of drug-likeness (QED) is 0.591. The first-order chi connectivity index (χ1) is 14.5. The predicted octanol–water partition coefficient (Wildman–Crippen LogP) is 3.72. The summed E-state index contributed by atoms with van der Waals surface area (Å²) in [4.78, 5) is 23.5. The standard InChI is InChI=1S/C22H19N5O3/c23-13-17-20(14-9-11-16(12-10-14)27(29)30)21-18(7-4-8-19(21)28)26(22(17)24)25-15-5-2-1-3-6-15/h1-3,5-6,9-12,20,25H,4,7-8,24H2/t20-/m0/s1. The molecular formula is C22H19N5O3. The number of ketones is 1. The SMILES string of the molecule is N#CC1=C(N)N(Nc2ccccc2)C2=C(C(=O)CCC2)[C@H]1c1ccc([N+](=O)[O-])cc1. The summed E-state index contributed by atoms with van der Waals surface area (Å²) in [5, 5.41) is 22.5. The molecule has 4 rings (SSSR count). The number of hydrogen-bond donors (Lipinski definition) is 2. The highest BCUT2D eigenvalue weighted by Gasteiger charge is 2.40. The van der Waals surface area contributed by atoms with Crippen molar-refractivity contribution in [1.82, 2.24) is 5.01 Å². The van der Waals surface area contributed by atoms with Crippen LogP contribution in [-0.2, 0) is 4.79 Å². The average Bonchev–Trinajstić information content (AvgIpc) is 2.76. The van der Waals surface area contributed by atoms with E-state index in [0.29, 0.717) is 30.4 Å². The summed E-state index contributed by atoms with van der Waals surface area (Å²) in [7, 11) is 0. The van der Waals surface area contributed by atoms with Gasteiger partial charge in [0.2, 0.25) is 0 Å². The Morgan fingerprint density at radius 1 is 1.13 bits per heavy atom. The van der Waals surface area contributed by atoms with Gasteiger partial charge in [-0.05, 0) is 30.5 Å². The van der Waals surface area contributed by atoms with E-state index in [1.54, 1.807) is 17.1 Å². The number of nitriles is 1. The van der Waals surface area contributed by atoms with E-state index >= 15 is 0 Å². The Labute approximate surface area is 173 Å². The van der Waals surface area contributed by atoms with Crippen molar-refractivity contribution in [2.45, 2.75) is 25.2 Å². The topological polar surface area (TPSA) is 125 Å². The molecule has 0 unspecified atom stereocenters. The number of nitrogens with two attached hydrogens (primary N) is 1. The number of nitrogens with zero attached hydrogens (tertiary/aromatic N) is 3. The van der Waals surface area contributed by atoms with Crippen molar-refractivity contribution in [3.8, 4) is 6.07 Å². The van der Waals surface area contributed by atoms with Crippen molar-refractivity contribution < 1.29 is 9.72 Å². The van der Waals surface area contributed by atoms with E-state index in [0.717, 1.165) is 11.4 Å². The van der Waals surface area contributed by atoms with Gasteiger partial charge in [-0.2, -0.15) is 5.26 Å². The van der Waals surface area contributed by atoms with E-state index in [2.05, 4.69) is 11.5 Å². The molecule has 1 aliphatic heterocycles. The van der Waals surface area contributed by atoms with Gasteiger partial charge in [-0.1, -0.05) is 30.3 Å². The lowest BCUT2D eigenvalue weighted by Crippen LogP contribution is -2.41. The van der Waals surface area contributed by atoms with Crippen LogP contribution in [0.5, 0.6) is 0 Å². The minimum Gasteiger partial charge on any atom is -0.383 e. The van der Waals surface area contributed by atoms with Gasteiger partial charge in [0.05, 0.1) is 28.2 Å². The van der Waals surface area contributed by atoms with Crippen molar-refractivity contribution in [1.29, 1.82) is 5.26 Å². The Morgan fingerprint density at radius 3 is 2.47 bits per heavy atom. The zero-order chi connectivity index (χ0) is 21.3. The van der Waals surface area contributed by atoms with Crippen LogP contribution in [0.4, 0.5) is 11.4 Å². The third-order valence-corrected chi connectivity index (χ3v) is 5.37. The number of nitro groups is 1. The Kier molecular flexibility index (Phi) is 4.94. The predicted molar refractivity (Wildman–Crippen MR) is 110 cm³/mol. The monoisotopic (exact) mass is 401 g/mol. The fourth-order valence-electron chi connectivity index (χ4n) is 3.98. The first-order valence-electron chi connectivity index (χ1n) is 9.53. The molecule has 0 saturated heterocycles. The molecule has 1 aliphatic carbocycles. The third kappa shape index (κ3) is 3.26. The van der Waals surface area contributed by atoms with Crippen LogP contribution in [0.2, 0.25) is 0 Å². The van der Waals surface area contributed by atoms with E-state index in [4.69, 9.17) is 5.73 Å². The number of carbonyl (C=O) groups excluding carboxylic acids is 1. The Balaban J connectivity index is 1.84. The zero-order valence-electron chi connectivity index (χ0n) is 16.0. The van der Waals surface area contributed by atoms with Gasteiger partial charge in [0, 0.05) is 29.8 Å². The Bertz CT molecular complexity index is 1110. The summed E-state index contributed by atoms with van der Waals surface area (Å²) >= 11 is 0. The number of benzene rings is 2. The Hall–Kier alpha value is -4.12. The van der Waals surface area contributed by atoms with Gasteiger partial charge in [-0.3, -0.25) is 20.3 Å². The molecule has 2 aromatic rings. The third-order valence-electron chi connectivity index (χ3n) is 5.37. The second-order valence-corrected chi connectivity index (χ2v) is 7.14. The molecule has 3 N–H and O–H groups in total. The molecule has 8 nitrogen and oxygen atoms in total. The lowest BCUT2D eigenvalue weighted by molar-refractivity contribution is -0.384. The Morgan fingerprint density at radius 2 is 1.83 bits per heavy atom. The number of anilines is 1. The van der Waals surface area contributed by atoms with Crippen molar-refractivity contribution in [2.24, 2.45) is 5.73 Å². The van der Waals surface area contributed by atoms with Crippen LogP contribution < -0.4 is 11.2 Å². The molecule has 2 aromatic carbocycles. The molecule has 0 saturated carbocycles. The summed E-state index contributed by atoms with van der Waals surface area (Å²) in [6.07, 6.45) is 1.71. The normalized spacial score (nSPS) is 18.7. The van der Waals surface area contributed by atoms with Crippen LogP contribution in [-0.4, -0.2) is 15.7 Å². The molecule has 0 fully saturated rings. The second-order valence-electron chi connectivity index (χ2n) is 7.14. The van der Waals surface area contributed by atoms with Gasteiger partial charge in [0.15, 0.2) is 5.78 Å². The highest BCUT2D eigenvalue weighted by molar-refractivity contribution is 5.99. The maximum absolute atomic E-state index is 13.0. The van der Waals surface area contributed by atoms with E-state index in [1.165, 1.54) is 12.1 Å². The first-order valence-corrected chi connectivity index (χ1v) is 9.53. The highest BCUT2D eigenvalue weighted by Crippen LogP contribution is 2.44. The minimum atomic E-state index is -0.646. The van der Waals surface area contributed by atoms with Gasteiger partial charge in [0.1, 0.15) is 5.82 Å². The molecule has 30 heavy (non-hydrogen) atoms. The summed E-state index contributed by atoms with van der Waals surface area (Å²) in [6.45, 7) is 0. The lowest BCUT2D eigenvalue weighted by Gasteiger charge is -2.39.